The number of ketones is 1. The van der Waals surface area contributed by atoms with Crippen LogP contribution in [-0.2, 0) is 4.79 Å². The number of carbonyl (C=O) groups is 2. The third kappa shape index (κ3) is 1.66. The van der Waals surface area contributed by atoms with Gasteiger partial charge in [0.05, 0.1) is 23.9 Å². The largest absolute Gasteiger partial charge is 0.392 e. The number of hydrogen-bond donors (Lipinski definition) is 1. The molecule has 0 fully saturated rings. The number of hydrogen-bond acceptors (Lipinski definition) is 3. The summed E-state index contributed by atoms with van der Waals surface area (Å²) >= 11 is 3.30. The summed E-state index contributed by atoms with van der Waals surface area (Å²) in [7, 11) is 0. The first-order valence-electron chi connectivity index (χ1n) is 4.85. The summed E-state index contributed by atoms with van der Waals surface area (Å²) in [6.45, 7) is 1.70. The van der Waals surface area contributed by atoms with Crippen molar-refractivity contribution in [1.29, 1.82) is 0 Å². The Bertz CT molecular complexity index is 470. The van der Waals surface area contributed by atoms with E-state index in [-0.39, 0.29) is 6.54 Å². The second-order valence-corrected chi connectivity index (χ2v) is 4.58. The molecule has 0 radical (unpaired) electrons. The van der Waals surface area contributed by atoms with Crippen molar-refractivity contribution in [2.24, 2.45) is 0 Å². The van der Waals surface area contributed by atoms with E-state index in [0.717, 1.165) is 0 Å². The molecule has 0 spiro atoms. The van der Waals surface area contributed by atoms with Gasteiger partial charge in [0, 0.05) is 4.47 Å². The Hall–Kier alpha value is -1.20. The number of aliphatic hydroxyl groups excluding tert-OH is 1. The lowest BCUT2D eigenvalue weighted by molar-refractivity contribution is -0.114. The molecule has 1 heterocycles. The molecule has 1 N–H and O–H groups in total. The van der Waals surface area contributed by atoms with Gasteiger partial charge in [-0.25, -0.2) is 0 Å². The van der Waals surface area contributed by atoms with Crippen LogP contribution in [0.15, 0.2) is 22.7 Å². The normalized spacial score (nSPS) is 16.6. The zero-order chi connectivity index (χ0) is 11.9. The molecular formula is C11H10BrNO3. The highest BCUT2D eigenvalue weighted by Crippen LogP contribution is 2.35. The second kappa shape index (κ2) is 3.99. The lowest BCUT2D eigenvalue weighted by Gasteiger charge is -2.19. The first-order valence-corrected chi connectivity index (χ1v) is 5.64. The first-order chi connectivity index (χ1) is 7.52. The number of carbonyl (C=O) groups excluding carboxylic acids is 2. The maximum atomic E-state index is 11.7. The predicted molar refractivity (Wildman–Crippen MR) is 62.5 cm³/mol. The molecule has 0 saturated carbocycles. The predicted octanol–water partition coefficient (Wildman–Crippen LogP) is 1.36. The van der Waals surface area contributed by atoms with Crippen LogP contribution in [0.5, 0.6) is 0 Å². The monoisotopic (exact) mass is 283 g/mol. The standard InChI is InChI=1S/C11H10BrNO3/c1-6(14)5-13-9-7(10(15)11(13)16)3-2-4-8(9)12/h2-4,6,14H,5H2,1H3. The van der Waals surface area contributed by atoms with E-state index in [4.69, 9.17) is 0 Å². The second-order valence-electron chi connectivity index (χ2n) is 3.73. The minimum atomic E-state index is -0.671. The van der Waals surface area contributed by atoms with Crippen LogP contribution in [0.25, 0.3) is 0 Å². The number of amides is 1. The third-order valence-corrected chi connectivity index (χ3v) is 3.03. The molecule has 0 saturated heterocycles. The van der Waals surface area contributed by atoms with E-state index in [1.807, 2.05) is 0 Å². The van der Waals surface area contributed by atoms with Crippen molar-refractivity contribution >= 4 is 33.3 Å². The molecule has 1 aromatic carbocycles. The van der Waals surface area contributed by atoms with Crippen LogP contribution in [0, 0.1) is 0 Å². The van der Waals surface area contributed by atoms with Gasteiger partial charge in [-0.15, -0.1) is 0 Å². The van der Waals surface area contributed by atoms with E-state index in [1.54, 1.807) is 25.1 Å². The van der Waals surface area contributed by atoms with E-state index in [0.29, 0.717) is 15.7 Å². The van der Waals surface area contributed by atoms with Gasteiger partial charge in [-0.05, 0) is 35.0 Å². The molecule has 1 atom stereocenters. The van der Waals surface area contributed by atoms with Crippen molar-refractivity contribution in [2.75, 3.05) is 11.4 Å². The fourth-order valence-corrected chi connectivity index (χ4v) is 2.33. The van der Waals surface area contributed by atoms with Crippen molar-refractivity contribution in [3.63, 3.8) is 0 Å². The zero-order valence-electron chi connectivity index (χ0n) is 8.61. The lowest BCUT2D eigenvalue weighted by atomic mass is 10.1. The number of fused-ring (bicyclic) bond motifs is 1. The molecule has 0 bridgehead atoms. The molecule has 84 valence electrons. The number of benzene rings is 1. The highest BCUT2D eigenvalue weighted by molar-refractivity contribution is 9.10. The number of halogens is 1. The summed E-state index contributed by atoms with van der Waals surface area (Å²) in [6.07, 6.45) is -0.671. The average Bonchev–Trinajstić information content (AvgIpc) is 2.45. The van der Waals surface area contributed by atoms with E-state index in [2.05, 4.69) is 15.9 Å². The Labute approximate surface area is 101 Å². The fourth-order valence-electron chi connectivity index (χ4n) is 1.75. The summed E-state index contributed by atoms with van der Waals surface area (Å²) in [4.78, 5) is 24.7. The molecule has 1 aliphatic heterocycles. The minimum absolute atomic E-state index is 0.125. The van der Waals surface area contributed by atoms with E-state index < -0.39 is 17.8 Å². The van der Waals surface area contributed by atoms with Crippen LogP contribution in [0.3, 0.4) is 0 Å². The number of Topliss-reactive ketones (excluding diaryl/α,β-unsaturated/α-hetero) is 1. The Morgan fingerprint density at radius 1 is 1.44 bits per heavy atom. The number of rotatable bonds is 2. The van der Waals surface area contributed by atoms with Gasteiger partial charge in [0.15, 0.2) is 0 Å². The van der Waals surface area contributed by atoms with Gasteiger partial charge in [0.1, 0.15) is 0 Å². The SMILES string of the molecule is CC(O)CN1C(=O)C(=O)c2cccc(Br)c21. The number of para-hydroxylation sites is 1. The molecule has 16 heavy (non-hydrogen) atoms. The Morgan fingerprint density at radius 2 is 2.12 bits per heavy atom. The van der Waals surface area contributed by atoms with Crippen LogP contribution < -0.4 is 4.90 Å². The average molecular weight is 284 g/mol. The van der Waals surface area contributed by atoms with Gasteiger partial charge >= 0.3 is 0 Å². The molecule has 1 unspecified atom stereocenters. The van der Waals surface area contributed by atoms with Crippen LogP contribution in [0.4, 0.5) is 5.69 Å². The topological polar surface area (TPSA) is 57.6 Å². The maximum Gasteiger partial charge on any atom is 0.299 e. The van der Waals surface area contributed by atoms with Gasteiger partial charge in [0.2, 0.25) is 0 Å². The van der Waals surface area contributed by atoms with E-state index in [9.17, 15) is 14.7 Å². The van der Waals surface area contributed by atoms with Gasteiger partial charge in [-0.1, -0.05) is 6.07 Å². The molecule has 0 aliphatic carbocycles. The van der Waals surface area contributed by atoms with Gasteiger partial charge in [0.25, 0.3) is 11.7 Å². The van der Waals surface area contributed by atoms with Gasteiger partial charge < -0.3 is 10.0 Å². The van der Waals surface area contributed by atoms with Gasteiger partial charge in [-0.3, -0.25) is 9.59 Å². The molecule has 2 rings (SSSR count). The number of β-amino-alcohol motifs (C(OH)–C–C–N with tert-alkyl or cyclic N) is 1. The fraction of sp³-hybridized carbons (Fsp3) is 0.273. The summed E-state index contributed by atoms with van der Waals surface area (Å²) in [6, 6.07) is 5.09. The Balaban J connectivity index is 2.51. The third-order valence-electron chi connectivity index (χ3n) is 2.39. The van der Waals surface area contributed by atoms with Crippen molar-refractivity contribution in [1.82, 2.24) is 0 Å². The first kappa shape index (κ1) is 11.3. The summed E-state index contributed by atoms with van der Waals surface area (Å²) in [5, 5.41) is 9.31. The smallest absolute Gasteiger partial charge is 0.299 e. The van der Waals surface area contributed by atoms with Crippen LogP contribution in [0.1, 0.15) is 17.3 Å². The van der Waals surface area contributed by atoms with Crippen LogP contribution in [0.2, 0.25) is 0 Å². The van der Waals surface area contributed by atoms with Crippen LogP contribution >= 0.6 is 15.9 Å². The lowest BCUT2D eigenvalue weighted by Crippen LogP contribution is -2.35. The minimum Gasteiger partial charge on any atom is -0.392 e. The van der Waals surface area contributed by atoms with Crippen molar-refractivity contribution in [2.45, 2.75) is 13.0 Å². The molecule has 1 amide bonds. The number of anilines is 1. The molecular weight excluding hydrogens is 274 g/mol. The van der Waals surface area contributed by atoms with Crippen molar-refractivity contribution in [3.05, 3.63) is 28.2 Å². The highest BCUT2D eigenvalue weighted by Gasteiger charge is 2.37. The maximum absolute atomic E-state index is 11.7. The molecule has 1 aromatic rings. The summed E-state index contributed by atoms with van der Waals surface area (Å²) in [5.41, 5.74) is 0.943. The molecule has 4 nitrogen and oxygen atoms in total. The Morgan fingerprint density at radius 3 is 2.75 bits per heavy atom. The summed E-state index contributed by atoms with van der Waals surface area (Å²) < 4.78 is 0.685. The van der Waals surface area contributed by atoms with E-state index in [1.165, 1.54) is 4.90 Å². The molecule has 5 heteroatoms. The van der Waals surface area contributed by atoms with Crippen molar-refractivity contribution in [3.8, 4) is 0 Å². The highest BCUT2D eigenvalue weighted by atomic mass is 79.9. The Kier molecular flexibility index (Phi) is 2.82. The number of nitrogens with zero attached hydrogens (tertiary/aromatic N) is 1. The number of aliphatic hydroxyl groups is 1. The quantitative estimate of drug-likeness (QED) is 0.834. The van der Waals surface area contributed by atoms with Crippen LogP contribution in [-0.4, -0.2) is 29.4 Å². The van der Waals surface area contributed by atoms with Crippen molar-refractivity contribution < 1.29 is 14.7 Å². The molecule has 1 aliphatic rings. The van der Waals surface area contributed by atoms with Gasteiger partial charge in [-0.2, -0.15) is 0 Å². The van der Waals surface area contributed by atoms with E-state index >= 15 is 0 Å². The molecule has 0 aromatic heterocycles. The summed E-state index contributed by atoms with van der Waals surface area (Å²) in [5.74, 6) is -1.10. The zero-order valence-corrected chi connectivity index (χ0v) is 10.2.